The lowest BCUT2D eigenvalue weighted by Gasteiger charge is -2.06. The Hall–Kier alpha value is -1.42. The Labute approximate surface area is 69.2 Å². The van der Waals surface area contributed by atoms with Crippen molar-refractivity contribution in [2.24, 2.45) is 11.5 Å². The summed E-state index contributed by atoms with van der Waals surface area (Å²) >= 11 is 0. The number of hydrogen-bond donors (Lipinski definition) is 2. The molecule has 64 valence electrons. The van der Waals surface area contributed by atoms with Crippen molar-refractivity contribution in [3.8, 4) is 0 Å². The van der Waals surface area contributed by atoms with E-state index in [1.807, 2.05) is 0 Å². The Kier molecular flexibility index (Phi) is 2.40. The van der Waals surface area contributed by atoms with Gasteiger partial charge in [-0.05, 0) is 17.7 Å². The van der Waals surface area contributed by atoms with E-state index in [-0.39, 0.29) is 5.82 Å². The molecule has 4 N–H and O–H groups in total. The number of benzene rings is 1. The molecular formula is C8H9FN2O. The van der Waals surface area contributed by atoms with Crippen LogP contribution in [-0.4, -0.2) is 5.91 Å². The highest BCUT2D eigenvalue weighted by atomic mass is 19.1. The Bertz CT molecular complexity index is 284. The predicted octanol–water partition coefficient (Wildman–Crippen LogP) is 0.311. The summed E-state index contributed by atoms with van der Waals surface area (Å²) in [4.78, 5) is 10.6. The number of nitrogens with two attached hydrogens (primary N) is 2. The molecule has 0 aliphatic rings. The molecular weight excluding hydrogens is 159 g/mol. The van der Waals surface area contributed by atoms with Crippen LogP contribution in [0.4, 0.5) is 4.39 Å². The van der Waals surface area contributed by atoms with E-state index in [0.29, 0.717) is 5.56 Å². The van der Waals surface area contributed by atoms with Gasteiger partial charge >= 0.3 is 0 Å². The zero-order valence-electron chi connectivity index (χ0n) is 6.33. The molecule has 0 fully saturated rings. The van der Waals surface area contributed by atoms with Crippen LogP contribution in [0.15, 0.2) is 24.3 Å². The molecule has 4 heteroatoms. The first-order chi connectivity index (χ1) is 5.61. The molecule has 1 rings (SSSR count). The molecule has 0 saturated heterocycles. The third kappa shape index (κ3) is 1.79. The van der Waals surface area contributed by atoms with Crippen LogP contribution in [-0.2, 0) is 4.79 Å². The molecule has 1 atom stereocenters. The zero-order chi connectivity index (χ0) is 9.14. The molecule has 1 aromatic carbocycles. The van der Waals surface area contributed by atoms with Crippen LogP contribution in [0.3, 0.4) is 0 Å². The summed E-state index contributed by atoms with van der Waals surface area (Å²) in [6.07, 6.45) is 0. The van der Waals surface area contributed by atoms with Crippen molar-refractivity contribution in [1.82, 2.24) is 0 Å². The van der Waals surface area contributed by atoms with Crippen LogP contribution in [0.5, 0.6) is 0 Å². The standard InChI is InChI=1S/C8H9FN2O/c9-6-3-1-5(2-4-6)7(10)8(11)12/h1-4,7H,10H2,(H2,11,12)/t7-/m0/s1. The van der Waals surface area contributed by atoms with Crippen molar-refractivity contribution >= 4 is 5.91 Å². The predicted molar refractivity (Wildman–Crippen MR) is 42.5 cm³/mol. The second kappa shape index (κ2) is 3.32. The van der Waals surface area contributed by atoms with Gasteiger partial charge in [-0.15, -0.1) is 0 Å². The summed E-state index contributed by atoms with van der Waals surface area (Å²) in [5, 5.41) is 0. The topological polar surface area (TPSA) is 69.1 Å². The average molecular weight is 168 g/mol. The van der Waals surface area contributed by atoms with Crippen LogP contribution in [0.2, 0.25) is 0 Å². The quantitative estimate of drug-likeness (QED) is 0.667. The molecule has 0 heterocycles. The van der Waals surface area contributed by atoms with Gasteiger partial charge in [0.2, 0.25) is 5.91 Å². The number of hydrogen-bond acceptors (Lipinski definition) is 2. The first-order valence-corrected chi connectivity index (χ1v) is 3.41. The highest BCUT2D eigenvalue weighted by Gasteiger charge is 2.10. The van der Waals surface area contributed by atoms with Gasteiger partial charge in [-0.3, -0.25) is 4.79 Å². The van der Waals surface area contributed by atoms with Crippen molar-refractivity contribution in [2.45, 2.75) is 6.04 Å². The molecule has 0 aliphatic carbocycles. The van der Waals surface area contributed by atoms with Crippen molar-refractivity contribution in [3.63, 3.8) is 0 Å². The zero-order valence-corrected chi connectivity index (χ0v) is 6.33. The SMILES string of the molecule is NC(=O)[C@@H](N)c1ccc(F)cc1. The summed E-state index contributed by atoms with van der Waals surface area (Å²) in [5.74, 6) is -0.989. The van der Waals surface area contributed by atoms with E-state index in [1.54, 1.807) is 0 Å². The molecule has 12 heavy (non-hydrogen) atoms. The second-order valence-electron chi connectivity index (χ2n) is 2.43. The van der Waals surface area contributed by atoms with Crippen LogP contribution >= 0.6 is 0 Å². The molecule has 0 aromatic heterocycles. The summed E-state index contributed by atoms with van der Waals surface area (Å²) in [5.41, 5.74) is 10.9. The van der Waals surface area contributed by atoms with E-state index in [9.17, 15) is 9.18 Å². The minimum atomic E-state index is -0.856. The van der Waals surface area contributed by atoms with Crippen molar-refractivity contribution < 1.29 is 9.18 Å². The molecule has 0 bridgehead atoms. The number of carbonyl (C=O) groups is 1. The third-order valence-corrected chi connectivity index (χ3v) is 1.54. The van der Waals surface area contributed by atoms with E-state index in [2.05, 4.69) is 0 Å². The van der Waals surface area contributed by atoms with Gasteiger partial charge in [0.05, 0.1) is 0 Å². The molecule has 3 nitrogen and oxygen atoms in total. The molecule has 0 saturated carbocycles. The van der Waals surface area contributed by atoms with E-state index < -0.39 is 11.9 Å². The van der Waals surface area contributed by atoms with Crippen LogP contribution < -0.4 is 11.5 Å². The van der Waals surface area contributed by atoms with E-state index in [1.165, 1.54) is 24.3 Å². The first-order valence-electron chi connectivity index (χ1n) is 3.41. The smallest absolute Gasteiger partial charge is 0.238 e. The van der Waals surface area contributed by atoms with Crippen molar-refractivity contribution in [2.75, 3.05) is 0 Å². The van der Waals surface area contributed by atoms with Crippen LogP contribution in [0, 0.1) is 5.82 Å². The maximum absolute atomic E-state index is 12.4. The lowest BCUT2D eigenvalue weighted by molar-refractivity contribution is -0.119. The van der Waals surface area contributed by atoms with Gasteiger partial charge in [0.15, 0.2) is 0 Å². The van der Waals surface area contributed by atoms with Crippen molar-refractivity contribution in [3.05, 3.63) is 35.6 Å². The Morgan fingerprint density at radius 1 is 1.33 bits per heavy atom. The van der Waals surface area contributed by atoms with Gasteiger partial charge in [0.1, 0.15) is 11.9 Å². The lowest BCUT2D eigenvalue weighted by atomic mass is 10.1. The van der Waals surface area contributed by atoms with Gasteiger partial charge < -0.3 is 11.5 Å². The first kappa shape index (κ1) is 8.67. The molecule has 0 spiro atoms. The van der Waals surface area contributed by atoms with E-state index >= 15 is 0 Å². The van der Waals surface area contributed by atoms with Gasteiger partial charge in [-0.25, -0.2) is 4.39 Å². The number of primary amides is 1. The Morgan fingerprint density at radius 3 is 2.25 bits per heavy atom. The highest BCUT2D eigenvalue weighted by Crippen LogP contribution is 2.09. The van der Waals surface area contributed by atoms with E-state index in [4.69, 9.17) is 11.5 Å². The third-order valence-electron chi connectivity index (χ3n) is 1.54. The van der Waals surface area contributed by atoms with Gasteiger partial charge in [-0.1, -0.05) is 12.1 Å². The molecule has 1 amide bonds. The number of amides is 1. The number of rotatable bonds is 2. The van der Waals surface area contributed by atoms with Gasteiger partial charge in [-0.2, -0.15) is 0 Å². The summed E-state index contributed by atoms with van der Waals surface area (Å²) < 4.78 is 12.4. The molecule has 0 radical (unpaired) electrons. The van der Waals surface area contributed by atoms with Crippen LogP contribution in [0.25, 0.3) is 0 Å². The van der Waals surface area contributed by atoms with Crippen LogP contribution in [0.1, 0.15) is 11.6 Å². The van der Waals surface area contributed by atoms with E-state index in [0.717, 1.165) is 0 Å². The highest BCUT2D eigenvalue weighted by molar-refractivity contribution is 5.81. The molecule has 1 aromatic rings. The number of halogens is 1. The summed E-state index contributed by atoms with van der Waals surface area (Å²) in [7, 11) is 0. The maximum atomic E-state index is 12.4. The van der Waals surface area contributed by atoms with Gasteiger partial charge in [0.25, 0.3) is 0 Å². The monoisotopic (exact) mass is 168 g/mol. The number of carbonyl (C=O) groups excluding carboxylic acids is 1. The minimum absolute atomic E-state index is 0.365. The average Bonchev–Trinajstić information content (AvgIpc) is 2.04. The Balaban J connectivity index is 2.89. The second-order valence-corrected chi connectivity index (χ2v) is 2.43. The fourth-order valence-electron chi connectivity index (χ4n) is 0.834. The fourth-order valence-corrected chi connectivity index (χ4v) is 0.834. The minimum Gasteiger partial charge on any atom is -0.368 e. The van der Waals surface area contributed by atoms with Crippen molar-refractivity contribution in [1.29, 1.82) is 0 Å². The largest absolute Gasteiger partial charge is 0.368 e. The molecule has 0 unspecified atom stereocenters. The summed E-state index contributed by atoms with van der Waals surface area (Å²) in [6, 6.07) is 4.48. The van der Waals surface area contributed by atoms with Gasteiger partial charge in [0, 0.05) is 0 Å². The normalized spacial score (nSPS) is 12.5. The molecule has 0 aliphatic heterocycles. The Morgan fingerprint density at radius 2 is 1.83 bits per heavy atom. The summed E-state index contributed by atoms with van der Waals surface area (Å²) in [6.45, 7) is 0. The fraction of sp³-hybridized carbons (Fsp3) is 0.125. The lowest BCUT2D eigenvalue weighted by Crippen LogP contribution is -2.28. The maximum Gasteiger partial charge on any atom is 0.238 e.